The number of ether oxygens (including phenoxy) is 1. The zero-order chi connectivity index (χ0) is 29.8. The van der Waals surface area contributed by atoms with Gasteiger partial charge in [-0.05, 0) is 97.3 Å². The number of aromatic amines is 1. The fourth-order valence-corrected chi connectivity index (χ4v) is 9.09. The zero-order valence-corrected chi connectivity index (χ0v) is 26.5. The summed E-state index contributed by atoms with van der Waals surface area (Å²) in [5, 5.41) is 4.53. The highest BCUT2D eigenvalue weighted by atomic mass is 32.2. The van der Waals surface area contributed by atoms with E-state index >= 15 is 0 Å². The van der Waals surface area contributed by atoms with Crippen molar-refractivity contribution in [2.24, 2.45) is 11.3 Å². The van der Waals surface area contributed by atoms with Crippen molar-refractivity contribution in [2.75, 3.05) is 48.0 Å². The second-order valence-corrected chi connectivity index (χ2v) is 14.8. The molecule has 4 fully saturated rings. The average Bonchev–Trinajstić information content (AvgIpc) is 3.90. The summed E-state index contributed by atoms with van der Waals surface area (Å²) in [7, 11) is 0. The van der Waals surface area contributed by atoms with E-state index in [0.29, 0.717) is 25.2 Å². The van der Waals surface area contributed by atoms with E-state index in [2.05, 4.69) is 77.3 Å². The minimum atomic E-state index is -0.794. The number of rotatable bonds is 8. The first-order valence-electron chi connectivity index (χ1n) is 16.0. The summed E-state index contributed by atoms with van der Waals surface area (Å²) in [5.41, 5.74) is 4.90. The number of carbonyl (C=O) groups excluding carboxylic acids is 2. The Labute approximate surface area is 259 Å². The van der Waals surface area contributed by atoms with Gasteiger partial charge in [-0.2, -0.15) is 11.8 Å². The summed E-state index contributed by atoms with van der Waals surface area (Å²) in [5.74, 6) is 2.50. The van der Waals surface area contributed by atoms with Gasteiger partial charge in [0.05, 0.1) is 13.2 Å². The lowest BCUT2D eigenvalue weighted by atomic mass is 9.87. The highest BCUT2D eigenvalue weighted by Crippen LogP contribution is 2.67. The van der Waals surface area contributed by atoms with Crippen molar-refractivity contribution in [1.29, 1.82) is 0 Å². The van der Waals surface area contributed by atoms with E-state index in [1.165, 1.54) is 16.6 Å². The van der Waals surface area contributed by atoms with Crippen molar-refractivity contribution in [3.63, 3.8) is 0 Å². The van der Waals surface area contributed by atoms with Gasteiger partial charge in [-0.15, -0.1) is 0 Å². The summed E-state index contributed by atoms with van der Waals surface area (Å²) >= 11 is 1.89. The molecule has 7 rings (SSSR count). The molecule has 2 atom stereocenters. The monoisotopic (exact) mass is 600 g/mol. The molecule has 4 aliphatic rings. The molecule has 228 valence electrons. The van der Waals surface area contributed by atoms with Crippen LogP contribution in [0.2, 0.25) is 0 Å². The molecule has 8 heteroatoms. The first-order valence-corrected chi connectivity index (χ1v) is 17.2. The number of nitrogens with zero attached hydrogens (tertiary/aromatic N) is 2. The average molecular weight is 601 g/mol. The molecule has 0 bridgehead atoms. The lowest BCUT2D eigenvalue weighted by Gasteiger charge is -2.45. The highest BCUT2D eigenvalue weighted by Gasteiger charge is 2.61. The lowest BCUT2D eigenvalue weighted by molar-refractivity contribution is -0.147. The Hall–Kier alpha value is -2.97. The molecule has 2 saturated heterocycles. The number of aromatic nitrogens is 1. The smallest absolute Gasteiger partial charge is 0.250 e. The molecule has 0 unspecified atom stereocenters. The Morgan fingerprint density at radius 3 is 2.44 bits per heavy atom. The Kier molecular flexibility index (Phi) is 7.49. The molecule has 2 aromatic carbocycles. The van der Waals surface area contributed by atoms with Crippen LogP contribution >= 0.6 is 11.8 Å². The third kappa shape index (κ3) is 5.24. The molecule has 3 aromatic rings. The van der Waals surface area contributed by atoms with E-state index in [9.17, 15) is 9.59 Å². The van der Waals surface area contributed by atoms with Gasteiger partial charge >= 0.3 is 0 Å². The van der Waals surface area contributed by atoms with Gasteiger partial charge in [-0.3, -0.25) is 9.59 Å². The van der Waals surface area contributed by atoms with Crippen LogP contribution < -0.4 is 10.2 Å². The summed E-state index contributed by atoms with van der Waals surface area (Å²) in [6.45, 7) is 10.0. The van der Waals surface area contributed by atoms with Crippen LogP contribution in [0.25, 0.3) is 10.9 Å². The molecule has 2 saturated carbocycles. The standard InChI is InChI=1S/C35H44N4O3S/c1-23-31(27-6-4-5-7-29(27)36-23)32-28(34(32,2)3)22-30(40)39(26-12-13-26)35(14-20-43-21-15-35)33(41)37-24-8-10-25(11-9-24)38-16-18-42-19-17-38/h4-11,26,28,32,36H,12-22H2,1-3H3,(H,37,41)/t28-,32-/m1/s1. The first-order chi connectivity index (χ1) is 20.8. The number of fused-ring (bicyclic) bond motifs is 1. The third-order valence-corrected chi connectivity index (χ3v) is 11.6. The van der Waals surface area contributed by atoms with Gasteiger partial charge < -0.3 is 24.8 Å². The number of anilines is 2. The molecule has 2 aliphatic carbocycles. The van der Waals surface area contributed by atoms with E-state index in [0.717, 1.165) is 67.5 Å². The fourth-order valence-electron chi connectivity index (χ4n) is 7.92. The third-order valence-electron chi connectivity index (χ3n) is 10.6. The van der Waals surface area contributed by atoms with Crippen LogP contribution in [-0.4, -0.2) is 71.1 Å². The molecule has 43 heavy (non-hydrogen) atoms. The maximum absolute atomic E-state index is 14.4. The van der Waals surface area contributed by atoms with Gasteiger partial charge in [-0.1, -0.05) is 32.0 Å². The zero-order valence-electron chi connectivity index (χ0n) is 25.7. The number of carbonyl (C=O) groups is 2. The Morgan fingerprint density at radius 2 is 1.74 bits per heavy atom. The number of amides is 2. The number of morpholine rings is 1. The van der Waals surface area contributed by atoms with Crippen molar-refractivity contribution >= 4 is 45.9 Å². The molecular weight excluding hydrogens is 556 g/mol. The molecular formula is C35H44N4O3S. The maximum Gasteiger partial charge on any atom is 0.250 e. The normalized spacial score (nSPS) is 24.5. The number of hydrogen-bond acceptors (Lipinski definition) is 5. The van der Waals surface area contributed by atoms with Crippen LogP contribution in [0.4, 0.5) is 11.4 Å². The van der Waals surface area contributed by atoms with Gasteiger partial charge in [0.25, 0.3) is 0 Å². The molecule has 2 aliphatic heterocycles. The molecule has 2 N–H and O–H groups in total. The van der Waals surface area contributed by atoms with Crippen molar-refractivity contribution in [3.05, 3.63) is 59.8 Å². The molecule has 1 aromatic heterocycles. The van der Waals surface area contributed by atoms with E-state index in [4.69, 9.17) is 4.74 Å². The first kappa shape index (κ1) is 28.8. The summed E-state index contributed by atoms with van der Waals surface area (Å²) in [4.78, 5) is 36.7. The van der Waals surface area contributed by atoms with Crippen LogP contribution in [0, 0.1) is 18.3 Å². The predicted octanol–water partition coefficient (Wildman–Crippen LogP) is 6.34. The highest BCUT2D eigenvalue weighted by molar-refractivity contribution is 7.99. The van der Waals surface area contributed by atoms with Gasteiger partial charge in [0, 0.05) is 53.5 Å². The quantitative estimate of drug-likeness (QED) is 0.316. The fraction of sp³-hybridized carbons (Fsp3) is 0.543. The largest absolute Gasteiger partial charge is 0.378 e. The lowest BCUT2D eigenvalue weighted by Crippen LogP contribution is -2.61. The molecule has 3 heterocycles. The van der Waals surface area contributed by atoms with Crippen LogP contribution in [0.1, 0.15) is 63.1 Å². The topological polar surface area (TPSA) is 77.7 Å². The predicted molar refractivity (Wildman–Crippen MR) is 175 cm³/mol. The number of H-pyrrole nitrogens is 1. The van der Waals surface area contributed by atoms with Crippen LogP contribution in [0.3, 0.4) is 0 Å². The van der Waals surface area contributed by atoms with Crippen molar-refractivity contribution in [3.8, 4) is 0 Å². The van der Waals surface area contributed by atoms with Crippen LogP contribution in [-0.2, 0) is 14.3 Å². The number of aryl methyl sites for hydroxylation is 1. The Balaban J connectivity index is 1.12. The SMILES string of the molecule is Cc1[nH]c2ccccc2c1[C@H]1[C@@H](CC(=O)N(C2CC2)C2(C(=O)Nc3ccc(N4CCOCC4)cc3)CCSCC2)C1(C)C. The summed E-state index contributed by atoms with van der Waals surface area (Å²) < 4.78 is 5.49. The molecule has 0 radical (unpaired) electrons. The second-order valence-electron chi connectivity index (χ2n) is 13.6. The van der Waals surface area contributed by atoms with Crippen molar-refractivity contribution < 1.29 is 14.3 Å². The summed E-state index contributed by atoms with van der Waals surface area (Å²) in [6, 6.07) is 16.8. The minimum Gasteiger partial charge on any atom is -0.378 e. The van der Waals surface area contributed by atoms with E-state index in [-0.39, 0.29) is 29.2 Å². The number of hydrogen-bond donors (Lipinski definition) is 2. The minimum absolute atomic E-state index is 0.0220. The second kappa shape index (κ2) is 11.2. The van der Waals surface area contributed by atoms with E-state index < -0.39 is 5.54 Å². The van der Waals surface area contributed by atoms with Gasteiger partial charge in [0.2, 0.25) is 11.8 Å². The van der Waals surface area contributed by atoms with Crippen LogP contribution in [0.5, 0.6) is 0 Å². The molecule has 2 amide bonds. The van der Waals surface area contributed by atoms with Gasteiger partial charge in [0.15, 0.2) is 0 Å². The molecule has 0 spiro atoms. The van der Waals surface area contributed by atoms with Crippen molar-refractivity contribution in [1.82, 2.24) is 9.88 Å². The number of para-hydroxylation sites is 1. The number of nitrogens with one attached hydrogen (secondary N) is 2. The Morgan fingerprint density at radius 1 is 1.05 bits per heavy atom. The maximum atomic E-state index is 14.4. The van der Waals surface area contributed by atoms with Gasteiger partial charge in [-0.25, -0.2) is 0 Å². The molecule has 7 nitrogen and oxygen atoms in total. The summed E-state index contributed by atoms with van der Waals surface area (Å²) in [6.07, 6.45) is 3.87. The van der Waals surface area contributed by atoms with Crippen LogP contribution in [0.15, 0.2) is 48.5 Å². The van der Waals surface area contributed by atoms with Gasteiger partial charge in [0.1, 0.15) is 5.54 Å². The van der Waals surface area contributed by atoms with E-state index in [1.807, 2.05) is 23.9 Å². The number of thioether (sulfide) groups is 1. The number of benzene rings is 2. The van der Waals surface area contributed by atoms with Crippen molar-refractivity contribution in [2.45, 2.75) is 70.4 Å². The Bertz CT molecular complexity index is 1500. The van der Waals surface area contributed by atoms with E-state index in [1.54, 1.807) is 0 Å².